The van der Waals surface area contributed by atoms with Crippen molar-refractivity contribution in [2.75, 3.05) is 18.9 Å². The van der Waals surface area contributed by atoms with Gasteiger partial charge in [-0.1, -0.05) is 76.0 Å². The Labute approximate surface area is 226 Å². The molecule has 2 aromatic heterocycles. The quantitative estimate of drug-likeness (QED) is 0.157. The van der Waals surface area contributed by atoms with Crippen molar-refractivity contribution in [2.24, 2.45) is 0 Å². The molecule has 0 spiro atoms. The predicted octanol–water partition coefficient (Wildman–Crippen LogP) is 1.34. The number of aliphatic hydroxyl groups is 1. The van der Waals surface area contributed by atoms with Gasteiger partial charge in [0.25, 0.3) is 0 Å². The van der Waals surface area contributed by atoms with Gasteiger partial charge in [-0.25, -0.2) is 14.2 Å². The molecule has 0 unspecified atom stereocenters. The summed E-state index contributed by atoms with van der Waals surface area (Å²) in [6, 6.07) is 0. The van der Waals surface area contributed by atoms with Gasteiger partial charge in [0.1, 0.15) is 11.6 Å². The second-order valence-corrected chi connectivity index (χ2v) is 10.6. The maximum atomic E-state index is 10.2. The molecule has 0 saturated carbocycles. The molecule has 0 atom stereocenters. The molecule has 2 rings (SSSR count). The number of nitrogens with zero attached hydrogens (tertiary/aromatic N) is 3. The van der Waals surface area contributed by atoms with Crippen molar-refractivity contribution in [3.05, 3.63) is 33.7 Å². The molecule has 0 aliphatic carbocycles. The van der Waals surface area contributed by atoms with Crippen LogP contribution < -0.4 is 22.7 Å². The zero-order valence-corrected chi connectivity index (χ0v) is 24.2. The molecule has 0 radical (unpaired) electrons. The first-order chi connectivity index (χ1) is 16.7. The Morgan fingerprint density at radius 3 is 2.17 bits per heavy atom. The third kappa shape index (κ3) is 15.7. The zero-order chi connectivity index (χ0) is 26.1. The largest absolute Gasteiger partial charge is 1.00 e. The average molecular weight is 567 g/mol. The number of thiazole rings is 1. The smallest absolute Gasteiger partial charge is 0.397 e. The molecule has 0 aliphatic heterocycles. The number of halogens is 1. The van der Waals surface area contributed by atoms with Gasteiger partial charge in [0.15, 0.2) is 12.2 Å². The van der Waals surface area contributed by atoms with Crippen LogP contribution in [0.4, 0.5) is 5.82 Å². The van der Waals surface area contributed by atoms with Crippen LogP contribution in [0.25, 0.3) is 0 Å². The molecule has 4 N–H and O–H groups in total. The summed E-state index contributed by atoms with van der Waals surface area (Å²) in [7, 11) is -4.23. The molecule has 0 saturated heterocycles. The first kappa shape index (κ1) is 34.6. The van der Waals surface area contributed by atoms with Gasteiger partial charge >= 0.3 is 10.4 Å². The third-order valence-corrected chi connectivity index (χ3v) is 7.19. The lowest BCUT2D eigenvalue weighted by atomic mass is 10.1. The number of aryl methyl sites for hydroxylation is 1. The van der Waals surface area contributed by atoms with E-state index < -0.39 is 10.4 Å². The number of unbranched alkanes of at least 4 members (excludes halogenated alkanes) is 9. The van der Waals surface area contributed by atoms with Crippen molar-refractivity contribution in [1.29, 1.82) is 0 Å². The molecule has 36 heavy (non-hydrogen) atoms. The summed E-state index contributed by atoms with van der Waals surface area (Å²) >= 11 is 1.65. The maximum Gasteiger partial charge on any atom is 0.397 e. The van der Waals surface area contributed by atoms with Crippen LogP contribution in [0.2, 0.25) is 0 Å². The van der Waals surface area contributed by atoms with Crippen molar-refractivity contribution in [2.45, 2.75) is 97.9 Å². The van der Waals surface area contributed by atoms with Gasteiger partial charge in [0.2, 0.25) is 5.51 Å². The van der Waals surface area contributed by atoms with Gasteiger partial charge in [0.05, 0.1) is 17.0 Å². The summed E-state index contributed by atoms with van der Waals surface area (Å²) in [5.41, 5.74) is 10.0. The summed E-state index contributed by atoms with van der Waals surface area (Å²) in [5, 5.41) is 8.98. The van der Waals surface area contributed by atoms with Gasteiger partial charge in [-0.15, -0.1) is 0 Å². The Morgan fingerprint density at radius 1 is 1.06 bits per heavy atom. The molecule has 0 fully saturated rings. The second kappa shape index (κ2) is 19.7. The Bertz CT molecular complexity index is 958. The van der Waals surface area contributed by atoms with Crippen LogP contribution in [-0.4, -0.2) is 41.3 Å². The minimum Gasteiger partial charge on any atom is -1.00 e. The van der Waals surface area contributed by atoms with Gasteiger partial charge < -0.3 is 23.2 Å². The zero-order valence-electron chi connectivity index (χ0n) is 21.8. The minimum atomic E-state index is -4.23. The van der Waals surface area contributed by atoms with E-state index in [9.17, 15) is 8.42 Å². The predicted molar refractivity (Wildman–Crippen MR) is 140 cm³/mol. The fourth-order valence-corrected chi connectivity index (χ4v) is 4.83. The van der Waals surface area contributed by atoms with Crippen LogP contribution in [0.5, 0.6) is 0 Å². The van der Waals surface area contributed by atoms with Crippen molar-refractivity contribution < 1.29 is 39.2 Å². The SMILES string of the molecule is CCCCCCCCCCCCOS(=O)(=O)O.Cc1ncc(C[n+]2csc(CCO)c2C)c(N)n1.[Cl-]. The minimum absolute atomic E-state index is 0. The van der Waals surface area contributed by atoms with Gasteiger partial charge in [-0.05, 0) is 13.3 Å². The molecular formula is C24H43ClN4O5S2. The highest BCUT2D eigenvalue weighted by Gasteiger charge is 2.17. The molecule has 2 heterocycles. The molecule has 0 amide bonds. The number of rotatable bonds is 16. The first-order valence-electron chi connectivity index (χ1n) is 12.4. The molecule has 0 aromatic carbocycles. The Hall–Kier alpha value is -1.37. The van der Waals surface area contributed by atoms with E-state index in [0.717, 1.165) is 24.1 Å². The van der Waals surface area contributed by atoms with Crippen LogP contribution >= 0.6 is 11.3 Å². The van der Waals surface area contributed by atoms with E-state index in [1.807, 2.05) is 19.4 Å². The Morgan fingerprint density at radius 2 is 1.64 bits per heavy atom. The van der Waals surface area contributed by atoms with E-state index >= 15 is 0 Å². The third-order valence-electron chi connectivity index (χ3n) is 5.58. The van der Waals surface area contributed by atoms with Crippen molar-refractivity contribution >= 4 is 27.6 Å². The molecule has 9 nitrogen and oxygen atoms in total. The standard InChI is InChI=1S/C12H17N4OS.C12H26O4S.ClH/c1-8-11(3-4-17)18-7-16(8)6-10-5-14-9(2)15-12(10)13;1-2-3-4-5-6-7-8-9-10-11-12-16-17(13,14)15;/h5,7,17H,3-4,6H2,1-2H3,(H2,13,14,15);2-12H2,1H3,(H,13,14,15);1H/q+1;;/p-1. The van der Waals surface area contributed by atoms with E-state index in [1.165, 1.54) is 49.8 Å². The van der Waals surface area contributed by atoms with Crippen LogP contribution in [0.15, 0.2) is 11.7 Å². The Kier molecular flexibility index (Phi) is 19.0. The number of anilines is 1. The molecule has 0 bridgehead atoms. The topological polar surface area (TPSA) is 140 Å². The molecule has 208 valence electrons. The summed E-state index contributed by atoms with van der Waals surface area (Å²) in [5.74, 6) is 1.22. The van der Waals surface area contributed by atoms with E-state index in [1.54, 1.807) is 17.5 Å². The number of aromatic nitrogens is 3. The highest BCUT2D eigenvalue weighted by Crippen LogP contribution is 2.14. The number of nitrogen functional groups attached to an aromatic ring is 1. The van der Waals surface area contributed by atoms with Crippen LogP contribution in [-0.2, 0) is 27.5 Å². The van der Waals surface area contributed by atoms with Crippen molar-refractivity contribution in [3.8, 4) is 0 Å². The van der Waals surface area contributed by atoms with Crippen LogP contribution in [0, 0.1) is 13.8 Å². The normalized spacial score (nSPS) is 11.0. The second-order valence-electron chi connectivity index (χ2n) is 8.59. The molecule has 0 aliphatic rings. The summed E-state index contributed by atoms with van der Waals surface area (Å²) in [4.78, 5) is 9.53. The number of aliphatic hydroxyl groups excluding tert-OH is 1. The summed E-state index contributed by atoms with van der Waals surface area (Å²) in [6.45, 7) is 7.02. The Balaban J connectivity index is 0.000000664. The van der Waals surface area contributed by atoms with E-state index in [-0.39, 0.29) is 25.6 Å². The monoisotopic (exact) mass is 566 g/mol. The lowest BCUT2D eigenvalue weighted by Gasteiger charge is -2.02. The highest BCUT2D eigenvalue weighted by atomic mass is 35.5. The summed E-state index contributed by atoms with van der Waals surface area (Å²) < 4.78 is 35.1. The number of nitrogens with two attached hydrogens (primary N) is 1. The van der Waals surface area contributed by atoms with Gasteiger partial charge in [0, 0.05) is 26.1 Å². The molecule has 2 aromatic rings. The van der Waals surface area contributed by atoms with Gasteiger partial charge in [-0.3, -0.25) is 4.55 Å². The van der Waals surface area contributed by atoms with Crippen molar-refractivity contribution in [1.82, 2.24) is 9.97 Å². The van der Waals surface area contributed by atoms with Crippen LogP contribution in [0.1, 0.15) is 93.1 Å². The van der Waals surface area contributed by atoms with Crippen molar-refractivity contribution in [3.63, 3.8) is 0 Å². The number of hydrogen-bond acceptors (Lipinski definition) is 8. The number of hydrogen-bond donors (Lipinski definition) is 3. The fraction of sp³-hybridized carbons (Fsp3) is 0.708. The van der Waals surface area contributed by atoms with E-state index in [4.69, 9.17) is 15.4 Å². The molecule has 12 heteroatoms. The lowest BCUT2D eigenvalue weighted by Crippen LogP contribution is -3.00. The fourth-order valence-electron chi connectivity index (χ4n) is 3.52. The highest BCUT2D eigenvalue weighted by molar-refractivity contribution is 7.80. The average Bonchev–Trinajstić information content (AvgIpc) is 3.13. The van der Waals surface area contributed by atoms with E-state index in [2.05, 4.69) is 25.6 Å². The van der Waals surface area contributed by atoms with Gasteiger partial charge in [-0.2, -0.15) is 13.0 Å². The first-order valence-corrected chi connectivity index (χ1v) is 14.7. The lowest BCUT2D eigenvalue weighted by molar-refractivity contribution is -0.689. The maximum absolute atomic E-state index is 10.2. The molecular weight excluding hydrogens is 524 g/mol. The summed E-state index contributed by atoms with van der Waals surface area (Å²) in [6.07, 6.45) is 14.3. The van der Waals surface area contributed by atoms with Crippen LogP contribution in [0.3, 0.4) is 0 Å². The van der Waals surface area contributed by atoms with E-state index in [0.29, 0.717) is 31.0 Å².